The van der Waals surface area contributed by atoms with Crippen molar-refractivity contribution in [1.82, 2.24) is 24.5 Å². The molecule has 3 rings (SSSR count). The van der Waals surface area contributed by atoms with E-state index in [2.05, 4.69) is 15.1 Å². The summed E-state index contributed by atoms with van der Waals surface area (Å²) in [5.74, 6) is 1.24. The van der Waals surface area contributed by atoms with Crippen LogP contribution in [0.1, 0.15) is 19.2 Å². The van der Waals surface area contributed by atoms with E-state index in [0.717, 1.165) is 0 Å². The summed E-state index contributed by atoms with van der Waals surface area (Å²) < 4.78 is 1.63. The first-order chi connectivity index (χ1) is 9.04. The molecular weight excluding hydrogens is 246 g/mol. The zero-order valence-electron chi connectivity index (χ0n) is 10.8. The van der Waals surface area contributed by atoms with Gasteiger partial charge < -0.3 is 10.2 Å². The Labute approximate surface area is 110 Å². The lowest BCUT2D eigenvalue weighted by atomic mass is 9.91. The van der Waals surface area contributed by atoms with E-state index in [-0.39, 0.29) is 0 Å². The SMILES string of the molecule is C[C@@]1(O)CCN(Cc2nc3ncccn3n2)C[C@H]1O. The Morgan fingerprint density at radius 3 is 3.11 bits per heavy atom. The van der Waals surface area contributed by atoms with Gasteiger partial charge in [0.25, 0.3) is 5.78 Å². The normalized spacial score (nSPS) is 28.9. The predicted molar refractivity (Wildman–Crippen MR) is 67.3 cm³/mol. The molecule has 3 heterocycles. The standard InChI is InChI=1S/C12H17N5O2/c1-12(19)3-6-16(7-9(12)18)8-10-14-11-13-4-2-5-17(11)15-10/h2,4-5,9,18-19H,3,6-8H2,1H3/t9-,12-/m1/s1. The van der Waals surface area contributed by atoms with Gasteiger partial charge in [0.1, 0.15) is 0 Å². The van der Waals surface area contributed by atoms with Crippen LogP contribution in [0.25, 0.3) is 5.78 Å². The average molecular weight is 263 g/mol. The lowest BCUT2D eigenvalue weighted by Gasteiger charge is -2.39. The highest BCUT2D eigenvalue weighted by atomic mass is 16.3. The third kappa shape index (κ3) is 2.44. The van der Waals surface area contributed by atoms with Crippen molar-refractivity contribution >= 4 is 5.78 Å². The van der Waals surface area contributed by atoms with Gasteiger partial charge in [-0.2, -0.15) is 4.98 Å². The highest BCUT2D eigenvalue weighted by molar-refractivity contribution is 5.24. The van der Waals surface area contributed by atoms with E-state index in [1.807, 2.05) is 4.90 Å². The largest absolute Gasteiger partial charge is 0.389 e. The molecule has 0 bridgehead atoms. The molecule has 0 amide bonds. The van der Waals surface area contributed by atoms with Gasteiger partial charge in [-0.1, -0.05) is 0 Å². The minimum Gasteiger partial charge on any atom is -0.389 e. The van der Waals surface area contributed by atoms with Crippen molar-refractivity contribution in [3.63, 3.8) is 0 Å². The number of likely N-dealkylation sites (tertiary alicyclic amines) is 1. The van der Waals surface area contributed by atoms with Crippen molar-refractivity contribution < 1.29 is 10.2 Å². The number of hydrogen-bond donors (Lipinski definition) is 2. The summed E-state index contributed by atoms with van der Waals surface area (Å²) in [6.45, 7) is 3.36. The molecule has 0 unspecified atom stereocenters. The number of aliphatic hydroxyl groups excluding tert-OH is 1. The van der Waals surface area contributed by atoms with Gasteiger partial charge in [0.15, 0.2) is 5.82 Å². The molecule has 0 spiro atoms. The van der Waals surface area contributed by atoms with Crippen molar-refractivity contribution in [1.29, 1.82) is 0 Å². The first-order valence-corrected chi connectivity index (χ1v) is 6.34. The highest BCUT2D eigenvalue weighted by Crippen LogP contribution is 2.22. The molecule has 2 N–H and O–H groups in total. The fourth-order valence-corrected chi connectivity index (χ4v) is 2.27. The monoisotopic (exact) mass is 263 g/mol. The maximum atomic E-state index is 9.92. The molecular formula is C12H17N5O2. The summed E-state index contributed by atoms with van der Waals surface area (Å²) in [4.78, 5) is 10.5. The lowest BCUT2D eigenvalue weighted by Crippen LogP contribution is -2.53. The van der Waals surface area contributed by atoms with Crippen LogP contribution in [0, 0.1) is 0 Å². The number of nitrogens with zero attached hydrogens (tertiary/aromatic N) is 5. The van der Waals surface area contributed by atoms with E-state index in [1.165, 1.54) is 0 Å². The van der Waals surface area contributed by atoms with Crippen molar-refractivity contribution in [3.8, 4) is 0 Å². The van der Waals surface area contributed by atoms with Crippen molar-refractivity contribution in [2.45, 2.75) is 31.6 Å². The first kappa shape index (κ1) is 12.5. The molecule has 1 fully saturated rings. The average Bonchev–Trinajstić information content (AvgIpc) is 2.76. The van der Waals surface area contributed by atoms with Crippen LogP contribution in [0.2, 0.25) is 0 Å². The summed E-state index contributed by atoms with van der Waals surface area (Å²) in [6, 6.07) is 1.80. The third-order valence-electron chi connectivity index (χ3n) is 3.61. The fraction of sp³-hybridized carbons (Fsp3) is 0.583. The summed E-state index contributed by atoms with van der Waals surface area (Å²) in [7, 11) is 0. The molecule has 102 valence electrons. The van der Waals surface area contributed by atoms with E-state index >= 15 is 0 Å². The Morgan fingerprint density at radius 2 is 2.37 bits per heavy atom. The van der Waals surface area contributed by atoms with Crippen LogP contribution in [-0.4, -0.2) is 59.5 Å². The predicted octanol–water partition coefficient (Wildman–Crippen LogP) is -0.558. The van der Waals surface area contributed by atoms with Gasteiger partial charge in [-0.25, -0.2) is 9.50 Å². The zero-order chi connectivity index (χ0) is 13.5. The number of aliphatic hydroxyl groups is 2. The van der Waals surface area contributed by atoms with Crippen LogP contribution in [0.4, 0.5) is 0 Å². The number of piperidine rings is 1. The molecule has 2 aromatic rings. The minimum absolute atomic E-state index is 0.427. The molecule has 2 atom stereocenters. The highest BCUT2D eigenvalue weighted by Gasteiger charge is 2.36. The lowest BCUT2D eigenvalue weighted by molar-refractivity contribution is -0.108. The smallest absolute Gasteiger partial charge is 0.252 e. The molecule has 1 aliphatic heterocycles. The Kier molecular flexibility index (Phi) is 2.96. The van der Waals surface area contributed by atoms with Gasteiger partial charge in [-0.15, -0.1) is 5.10 Å². The molecule has 0 aliphatic carbocycles. The van der Waals surface area contributed by atoms with Gasteiger partial charge in [-0.3, -0.25) is 4.90 Å². The van der Waals surface area contributed by atoms with E-state index in [1.54, 1.807) is 29.9 Å². The molecule has 1 saturated heterocycles. The molecule has 7 heteroatoms. The van der Waals surface area contributed by atoms with Crippen molar-refractivity contribution in [2.24, 2.45) is 0 Å². The Bertz CT molecular complexity index is 549. The van der Waals surface area contributed by atoms with Gasteiger partial charge in [0.05, 0.1) is 18.2 Å². The minimum atomic E-state index is -0.996. The summed E-state index contributed by atoms with van der Waals surface area (Å²) in [5.41, 5.74) is -0.996. The molecule has 0 aromatic carbocycles. The number of hydrogen-bond acceptors (Lipinski definition) is 6. The summed E-state index contributed by atoms with van der Waals surface area (Å²) >= 11 is 0. The number of β-amino-alcohol motifs (C(OH)–C–C–N with tert-alkyl or cyclic N) is 1. The van der Waals surface area contributed by atoms with Gasteiger partial charge in [-0.05, 0) is 19.4 Å². The van der Waals surface area contributed by atoms with Gasteiger partial charge in [0.2, 0.25) is 0 Å². The molecule has 1 aliphatic rings. The third-order valence-corrected chi connectivity index (χ3v) is 3.61. The van der Waals surface area contributed by atoms with Crippen molar-refractivity contribution in [3.05, 3.63) is 24.3 Å². The molecule has 0 radical (unpaired) electrons. The van der Waals surface area contributed by atoms with Crippen LogP contribution in [0.3, 0.4) is 0 Å². The zero-order valence-corrected chi connectivity index (χ0v) is 10.8. The van der Waals surface area contributed by atoms with E-state index in [4.69, 9.17) is 0 Å². The molecule has 7 nitrogen and oxygen atoms in total. The molecule has 0 saturated carbocycles. The number of rotatable bonds is 2. The molecule has 2 aromatic heterocycles. The Hall–Kier alpha value is -1.57. The van der Waals surface area contributed by atoms with E-state index < -0.39 is 11.7 Å². The number of aromatic nitrogens is 4. The number of fused-ring (bicyclic) bond motifs is 1. The van der Waals surface area contributed by atoms with Crippen LogP contribution >= 0.6 is 0 Å². The fourth-order valence-electron chi connectivity index (χ4n) is 2.27. The maximum absolute atomic E-state index is 9.92. The summed E-state index contributed by atoms with van der Waals surface area (Å²) in [5, 5.41) is 24.1. The Morgan fingerprint density at radius 1 is 1.53 bits per heavy atom. The maximum Gasteiger partial charge on any atom is 0.252 e. The van der Waals surface area contributed by atoms with Crippen LogP contribution in [0.15, 0.2) is 18.5 Å². The first-order valence-electron chi connectivity index (χ1n) is 6.34. The van der Waals surface area contributed by atoms with Crippen LogP contribution in [0.5, 0.6) is 0 Å². The van der Waals surface area contributed by atoms with E-state index in [0.29, 0.717) is 37.7 Å². The van der Waals surface area contributed by atoms with E-state index in [9.17, 15) is 10.2 Å². The second-order valence-electron chi connectivity index (χ2n) is 5.25. The Balaban J connectivity index is 1.72. The molecule has 19 heavy (non-hydrogen) atoms. The van der Waals surface area contributed by atoms with Gasteiger partial charge >= 0.3 is 0 Å². The summed E-state index contributed by atoms with van der Waals surface area (Å²) in [6.07, 6.45) is 3.28. The van der Waals surface area contributed by atoms with Crippen molar-refractivity contribution in [2.75, 3.05) is 13.1 Å². The second kappa shape index (κ2) is 4.52. The van der Waals surface area contributed by atoms with Crippen LogP contribution < -0.4 is 0 Å². The van der Waals surface area contributed by atoms with Gasteiger partial charge in [0, 0.05) is 25.5 Å². The topological polar surface area (TPSA) is 86.8 Å². The second-order valence-corrected chi connectivity index (χ2v) is 5.25. The quantitative estimate of drug-likeness (QED) is 0.755. The van der Waals surface area contributed by atoms with Crippen LogP contribution in [-0.2, 0) is 6.54 Å².